The quantitative estimate of drug-likeness (QED) is 0.458. The first kappa shape index (κ1) is 19.7. The Labute approximate surface area is 158 Å². The van der Waals surface area contributed by atoms with Crippen molar-refractivity contribution in [2.75, 3.05) is 19.0 Å². The van der Waals surface area contributed by atoms with Crippen LogP contribution in [-0.4, -0.2) is 25.6 Å². The van der Waals surface area contributed by atoms with Crippen LogP contribution >= 0.6 is 0 Å². The van der Waals surface area contributed by atoms with Crippen LogP contribution in [0.5, 0.6) is 5.75 Å². The van der Waals surface area contributed by atoms with Gasteiger partial charge in [-0.15, -0.1) is 0 Å². The molecule has 0 aliphatic heterocycles. The second-order valence-corrected chi connectivity index (χ2v) is 5.61. The van der Waals surface area contributed by atoms with E-state index in [9.17, 15) is 14.9 Å². The molecule has 138 valence electrons. The number of ether oxygens (including phenoxy) is 2. The molecule has 0 saturated carbocycles. The molecule has 0 aromatic heterocycles. The monoisotopic (exact) mass is 364 g/mol. The summed E-state index contributed by atoms with van der Waals surface area (Å²) in [6.45, 7) is 2.61. The highest BCUT2D eigenvalue weighted by molar-refractivity contribution is 6.09. The number of methoxy groups -OCH3 is 1. The maximum atomic E-state index is 12.4. The van der Waals surface area contributed by atoms with Gasteiger partial charge >= 0.3 is 5.97 Å². The molecule has 1 amide bonds. The number of amides is 1. The molecule has 0 aliphatic rings. The van der Waals surface area contributed by atoms with E-state index in [0.717, 1.165) is 6.42 Å². The zero-order chi connectivity index (χ0) is 19.6. The number of benzene rings is 2. The number of anilines is 1. The lowest BCUT2D eigenvalue weighted by atomic mass is 10.1. The molecule has 0 spiro atoms. The molecule has 0 bridgehead atoms. The van der Waals surface area contributed by atoms with Crippen molar-refractivity contribution >= 4 is 23.6 Å². The Morgan fingerprint density at radius 3 is 2.56 bits per heavy atom. The number of nitriles is 1. The number of rotatable bonds is 7. The van der Waals surface area contributed by atoms with Crippen LogP contribution in [0.2, 0.25) is 0 Å². The van der Waals surface area contributed by atoms with Gasteiger partial charge < -0.3 is 14.8 Å². The largest absolute Gasteiger partial charge is 0.494 e. The fraction of sp³-hybridized carbons (Fsp3) is 0.190. The first-order valence-electron chi connectivity index (χ1n) is 8.41. The van der Waals surface area contributed by atoms with Gasteiger partial charge in [0.1, 0.15) is 17.4 Å². The van der Waals surface area contributed by atoms with Gasteiger partial charge in [-0.3, -0.25) is 4.79 Å². The first-order chi connectivity index (χ1) is 13.1. The van der Waals surface area contributed by atoms with Crippen molar-refractivity contribution in [3.63, 3.8) is 0 Å². The molecule has 27 heavy (non-hydrogen) atoms. The number of carbonyl (C=O) groups is 2. The summed E-state index contributed by atoms with van der Waals surface area (Å²) in [5.41, 5.74) is 1.49. The van der Waals surface area contributed by atoms with Crippen LogP contribution in [-0.2, 0) is 9.53 Å². The summed E-state index contributed by atoms with van der Waals surface area (Å²) in [6, 6.07) is 15.3. The Kier molecular flexibility index (Phi) is 7.15. The fourth-order valence-corrected chi connectivity index (χ4v) is 2.24. The van der Waals surface area contributed by atoms with Crippen molar-refractivity contribution in [1.82, 2.24) is 0 Å². The van der Waals surface area contributed by atoms with E-state index < -0.39 is 11.9 Å². The summed E-state index contributed by atoms with van der Waals surface area (Å²) >= 11 is 0. The smallest absolute Gasteiger partial charge is 0.337 e. The molecule has 0 saturated heterocycles. The summed E-state index contributed by atoms with van der Waals surface area (Å²) in [7, 11) is 1.30. The van der Waals surface area contributed by atoms with Crippen molar-refractivity contribution in [2.45, 2.75) is 13.3 Å². The molecule has 0 aliphatic carbocycles. The average molecular weight is 364 g/mol. The third kappa shape index (κ3) is 5.72. The standard InChI is InChI=1S/C21H20N2O4/c1-3-11-27-19-6-4-5-15(13-19)12-17(14-22)20(24)23-18-9-7-16(8-10-18)21(25)26-2/h4-10,12-13H,3,11H2,1-2H3,(H,23,24)/b17-12-. The van der Waals surface area contributed by atoms with Gasteiger partial charge in [-0.05, 0) is 54.5 Å². The second-order valence-electron chi connectivity index (χ2n) is 5.61. The summed E-state index contributed by atoms with van der Waals surface area (Å²) in [6.07, 6.45) is 2.39. The number of esters is 1. The van der Waals surface area contributed by atoms with Gasteiger partial charge in [0.2, 0.25) is 0 Å². The zero-order valence-electron chi connectivity index (χ0n) is 15.2. The molecule has 0 fully saturated rings. The van der Waals surface area contributed by atoms with Crippen LogP contribution < -0.4 is 10.1 Å². The van der Waals surface area contributed by atoms with E-state index in [-0.39, 0.29) is 5.57 Å². The van der Waals surface area contributed by atoms with Crippen molar-refractivity contribution < 1.29 is 19.1 Å². The van der Waals surface area contributed by atoms with E-state index >= 15 is 0 Å². The highest BCUT2D eigenvalue weighted by Crippen LogP contribution is 2.17. The molecule has 2 aromatic carbocycles. The van der Waals surface area contributed by atoms with Crippen molar-refractivity contribution in [1.29, 1.82) is 5.26 Å². The fourth-order valence-electron chi connectivity index (χ4n) is 2.24. The molecular weight excluding hydrogens is 344 g/mol. The Hall–Kier alpha value is -3.59. The summed E-state index contributed by atoms with van der Waals surface area (Å²) in [5.74, 6) is -0.319. The van der Waals surface area contributed by atoms with Gasteiger partial charge in [-0.2, -0.15) is 5.26 Å². The van der Waals surface area contributed by atoms with Crippen LogP contribution in [0.3, 0.4) is 0 Å². The summed E-state index contributed by atoms with van der Waals surface area (Å²) < 4.78 is 10.2. The minimum absolute atomic E-state index is 0.0420. The van der Waals surface area contributed by atoms with Crippen LogP contribution in [0.1, 0.15) is 29.3 Å². The third-order valence-electron chi connectivity index (χ3n) is 3.57. The highest BCUT2D eigenvalue weighted by Gasteiger charge is 2.11. The van der Waals surface area contributed by atoms with Crippen LogP contribution in [0.15, 0.2) is 54.1 Å². The Morgan fingerprint density at radius 2 is 1.93 bits per heavy atom. The second kappa shape index (κ2) is 9.78. The van der Waals surface area contributed by atoms with E-state index in [4.69, 9.17) is 4.74 Å². The van der Waals surface area contributed by atoms with Gasteiger partial charge in [0.15, 0.2) is 0 Å². The zero-order valence-corrected chi connectivity index (χ0v) is 15.2. The number of hydrogen-bond donors (Lipinski definition) is 1. The maximum Gasteiger partial charge on any atom is 0.337 e. The normalized spacial score (nSPS) is 10.6. The summed E-state index contributed by atoms with van der Waals surface area (Å²) in [5, 5.41) is 12.0. The van der Waals surface area contributed by atoms with Gasteiger partial charge in [-0.25, -0.2) is 4.79 Å². The minimum Gasteiger partial charge on any atom is -0.494 e. The molecule has 0 atom stereocenters. The molecule has 0 radical (unpaired) electrons. The van der Waals surface area contributed by atoms with Gasteiger partial charge in [0.05, 0.1) is 19.3 Å². The minimum atomic E-state index is -0.539. The number of nitrogens with zero attached hydrogens (tertiary/aromatic N) is 1. The number of nitrogens with one attached hydrogen (secondary N) is 1. The Morgan fingerprint density at radius 1 is 1.19 bits per heavy atom. The van der Waals surface area contributed by atoms with Crippen molar-refractivity contribution in [2.24, 2.45) is 0 Å². The number of hydrogen-bond acceptors (Lipinski definition) is 5. The van der Waals surface area contributed by atoms with E-state index in [1.54, 1.807) is 30.3 Å². The predicted molar refractivity (Wildman–Crippen MR) is 102 cm³/mol. The molecule has 2 rings (SSSR count). The lowest BCUT2D eigenvalue weighted by molar-refractivity contribution is -0.112. The van der Waals surface area contributed by atoms with E-state index in [1.807, 2.05) is 19.1 Å². The number of carbonyl (C=O) groups excluding carboxylic acids is 2. The topological polar surface area (TPSA) is 88.4 Å². The third-order valence-corrected chi connectivity index (χ3v) is 3.57. The lowest BCUT2D eigenvalue weighted by Crippen LogP contribution is -2.13. The average Bonchev–Trinajstić information content (AvgIpc) is 2.70. The van der Waals surface area contributed by atoms with Crippen LogP contribution in [0.4, 0.5) is 5.69 Å². The van der Waals surface area contributed by atoms with Crippen molar-refractivity contribution in [3.05, 3.63) is 65.2 Å². The SMILES string of the molecule is CCCOc1cccc(/C=C(/C#N)C(=O)Nc2ccc(C(=O)OC)cc2)c1. The maximum absolute atomic E-state index is 12.4. The van der Waals surface area contributed by atoms with E-state index in [0.29, 0.717) is 29.2 Å². The van der Waals surface area contributed by atoms with Gasteiger partial charge in [0, 0.05) is 5.69 Å². The molecule has 0 unspecified atom stereocenters. The predicted octanol–water partition coefficient (Wildman–Crippen LogP) is 3.81. The molecule has 6 heteroatoms. The molecule has 6 nitrogen and oxygen atoms in total. The Balaban J connectivity index is 2.12. The van der Waals surface area contributed by atoms with Crippen LogP contribution in [0.25, 0.3) is 6.08 Å². The van der Waals surface area contributed by atoms with E-state index in [2.05, 4.69) is 10.1 Å². The van der Waals surface area contributed by atoms with Crippen molar-refractivity contribution in [3.8, 4) is 11.8 Å². The highest BCUT2D eigenvalue weighted by atomic mass is 16.5. The molecular formula is C21H20N2O4. The summed E-state index contributed by atoms with van der Waals surface area (Å²) in [4.78, 5) is 23.8. The lowest BCUT2D eigenvalue weighted by Gasteiger charge is -2.07. The molecule has 2 aromatic rings. The van der Waals surface area contributed by atoms with Crippen LogP contribution in [0, 0.1) is 11.3 Å². The van der Waals surface area contributed by atoms with Gasteiger partial charge in [-0.1, -0.05) is 19.1 Å². The van der Waals surface area contributed by atoms with Gasteiger partial charge in [0.25, 0.3) is 5.91 Å². The Bertz CT molecular complexity index is 880. The molecule has 1 N–H and O–H groups in total. The van der Waals surface area contributed by atoms with E-state index in [1.165, 1.54) is 25.3 Å². The first-order valence-corrected chi connectivity index (χ1v) is 8.41. The molecule has 0 heterocycles.